The van der Waals surface area contributed by atoms with Gasteiger partial charge in [-0.1, -0.05) is 6.07 Å². The van der Waals surface area contributed by atoms with Crippen LogP contribution in [0.15, 0.2) is 34.6 Å². The zero-order valence-corrected chi connectivity index (χ0v) is 9.94. The minimum atomic E-state index is -0.512. The summed E-state index contributed by atoms with van der Waals surface area (Å²) in [5.74, 6) is -0.512. The van der Waals surface area contributed by atoms with Crippen LogP contribution in [0, 0.1) is 0 Å². The van der Waals surface area contributed by atoms with Crippen LogP contribution in [0.5, 0.6) is 0 Å². The summed E-state index contributed by atoms with van der Waals surface area (Å²) in [6.45, 7) is 0. The molecule has 1 heterocycles. The Morgan fingerprint density at radius 1 is 1.47 bits per heavy atom. The van der Waals surface area contributed by atoms with Gasteiger partial charge < -0.3 is 11.5 Å². The van der Waals surface area contributed by atoms with Crippen LogP contribution >= 0.6 is 11.8 Å². The van der Waals surface area contributed by atoms with E-state index in [1.165, 1.54) is 18.1 Å². The maximum absolute atomic E-state index is 11.3. The van der Waals surface area contributed by atoms with E-state index >= 15 is 0 Å². The molecule has 17 heavy (non-hydrogen) atoms. The average Bonchev–Trinajstić information content (AvgIpc) is 2.67. The van der Waals surface area contributed by atoms with Crippen molar-refractivity contribution in [1.29, 1.82) is 0 Å². The number of primary amides is 1. The van der Waals surface area contributed by atoms with Gasteiger partial charge in [-0.2, -0.15) is 5.10 Å². The summed E-state index contributed by atoms with van der Waals surface area (Å²) in [6, 6.07) is 5.04. The fourth-order valence-electron chi connectivity index (χ4n) is 1.33. The fourth-order valence-corrected chi connectivity index (χ4v) is 2.26. The first-order chi connectivity index (χ1) is 8.09. The zero-order chi connectivity index (χ0) is 12.4. The third-order valence-electron chi connectivity index (χ3n) is 2.17. The molecule has 0 atom stereocenters. The van der Waals surface area contributed by atoms with Gasteiger partial charge in [-0.3, -0.25) is 4.79 Å². The highest BCUT2D eigenvalue weighted by Gasteiger charge is 2.14. The number of hydrogen-bond donors (Lipinski definition) is 2. The number of aromatic nitrogens is 3. The van der Waals surface area contributed by atoms with E-state index in [1.807, 2.05) is 0 Å². The Kier molecular flexibility index (Phi) is 3.01. The molecule has 0 radical (unpaired) electrons. The lowest BCUT2D eigenvalue weighted by Gasteiger charge is -2.08. The van der Waals surface area contributed by atoms with Crippen LogP contribution in [0.2, 0.25) is 0 Å². The standard InChI is InChI=1S/C10H11N5OS/c1-15-10(13-5-14-15)17-8-6(9(12)16)3-2-4-7(8)11/h2-5H,11H2,1H3,(H2,12,16). The Bertz CT molecular complexity index is 566. The number of carbonyl (C=O) groups excluding carboxylic acids is 1. The molecule has 0 unspecified atom stereocenters. The first-order valence-corrected chi connectivity index (χ1v) is 5.61. The highest BCUT2D eigenvalue weighted by atomic mass is 32.2. The van der Waals surface area contributed by atoms with Crippen molar-refractivity contribution >= 4 is 23.4 Å². The first-order valence-electron chi connectivity index (χ1n) is 4.79. The minimum Gasteiger partial charge on any atom is -0.398 e. The lowest BCUT2D eigenvalue weighted by atomic mass is 10.2. The van der Waals surface area contributed by atoms with Crippen LogP contribution in [-0.2, 0) is 7.05 Å². The van der Waals surface area contributed by atoms with Gasteiger partial charge in [0.2, 0.25) is 5.91 Å². The molecule has 6 nitrogen and oxygen atoms in total. The second-order valence-electron chi connectivity index (χ2n) is 3.36. The molecule has 4 N–H and O–H groups in total. The number of carbonyl (C=O) groups is 1. The number of amides is 1. The number of benzene rings is 1. The molecule has 0 aliphatic heterocycles. The number of nitrogens with zero attached hydrogens (tertiary/aromatic N) is 3. The lowest BCUT2D eigenvalue weighted by molar-refractivity contribution is 0.0997. The van der Waals surface area contributed by atoms with Crippen LogP contribution in [0.4, 0.5) is 5.69 Å². The molecule has 1 aromatic carbocycles. The van der Waals surface area contributed by atoms with Crippen molar-refractivity contribution in [2.75, 3.05) is 5.73 Å². The van der Waals surface area contributed by atoms with Crippen LogP contribution < -0.4 is 11.5 Å². The van der Waals surface area contributed by atoms with E-state index in [9.17, 15) is 4.79 Å². The molecule has 0 spiro atoms. The van der Waals surface area contributed by atoms with Gasteiger partial charge in [0.15, 0.2) is 5.16 Å². The largest absolute Gasteiger partial charge is 0.398 e. The third-order valence-corrected chi connectivity index (χ3v) is 3.39. The highest BCUT2D eigenvalue weighted by molar-refractivity contribution is 7.99. The summed E-state index contributed by atoms with van der Waals surface area (Å²) >= 11 is 1.27. The number of rotatable bonds is 3. The van der Waals surface area contributed by atoms with Crippen molar-refractivity contribution in [2.24, 2.45) is 12.8 Å². The van der Waals surface area contributed by atoms with Crippen LogP contribution in [-0.4, -0.2) is 20.7 Å². The molecular weight excluding hydrogens is 238 g/mol. The van der Waals surface area contributed by atoms with Gasteiger partial charge in [0.1, 0.15) is 6.33 Å². The summed E-state index contributed by atoms with van der Waals surface area (Å²) in [5.41, 5.74) is 12.0. The molecule has 2 aromatic rings. The van der Waals surface area contributed by atoms with E-state index in [1.54, 1.807) is 29.9 Å². The predicted molar refractivity (Wildman–Crippen MR) is 64.5 cm³/mol. The zero-order valence-electron chi connectivity index (χ0n) is 9.12. The van der Waals surface area contributed by atoms with E-state index in [-0.39, 0.29) is 0 Å². The van der Waals surface area contributed by atoms with Gasteiger partial charge in [0.05, 0.1) is 10.5 Å². The number of nitrogen functional groups attached to an aromatic ring is 1. The molecule has 0 saturated heterocycles. The molecule has 0 fully saturated rings. The summed E-state index contributed by atoms with van der Waals surface area (Å²) in [6.07, 6.45) is 1.44. The molecule has 1 aromatic heterocycles. The molecule has 0 saturated carbocycles. The van der Waals surface area contributed by atoms with Crippen molar-refractivity contribution in [3.05, 3.63) is 30.1 Å². The molecule has 0 aliphatic rings. The quantitative estimate of drug-likeness (QED) is 0.778. The van der Waals surface area contributed by atoms with Crippen LogP contribution in [0.25, 0.3) is 0 Å². The molecular formula is C10H11N5OS. The predicted octanol–water partition coefficient (Wildman–Crippen LogP) is 0.647. The SMILES string of the molecule is Cn1ncnc1Sc1c(N)cccc1C(N)=O. The summed E-state index contributed by atoms with van der Waals surface area (Å²) in [4.78, 5) is 16.0. The van der Waals surface area contributed by atoms with Gasteiger partial charge in [-0.05, 0) is 23.9 Å². The second-order valence-corrected chi connectivity index (χ2v) is 4.33. The van der Waals surface area contributed by atoms with Crippen LogP contribution in [0.1, 0.15) is 10.4 Å². The number of anilines is 1. The van der Waals surface area contributed by atoms with Gasteiger partial charge in [-0.15, -0.1) is 0 Å². The Labute approximate surface area is 102 Å². The molecule has 88 valence electrons. The normalized spacial score (nSPS) is 10.4. The van der Waals surface area contributed by atoms with Gasteiger partial charge >= 0.3 is 0 Å². The van der Waals surface area contributed by atoms with E-state index in [0.717, 1.165) is 0 Å². The maximum Gasteiger partial charge on any atom is 0.249 e. The smallest absolute Gasteiger partial charge is 0.249 e. The Hall–Kier alpha value is -2.02. The molecule has 1 amide bonds. The van der Waals surface area contributed by atoms with Crippen molar-refractivity contribution in [1.82, 2.24) is 14.8 Å². The third kappa shape index (κ3) is 2.23. The number of aryl methyl sites for hydroxylation is 1. The second kappa shape index (κ2) is 4.46. The van der Waals surface area contributed by atoms with Gasteiger partial charge in [-0.25, -0.2) is 9.67 Å². The van der Waals surface area contributed by atoms with E-state index < -0.39 is 5.91 Å². The van der Waals surface area contributed by atoms with E-state index in [2.05, 4.69) is 10.1 Å². The topological polar surface area (TPSA) is 99.8 Å². The monoisotopic (exact) mass is 249 g/mol. The average molecular weight is 249 g/mol. The van der Waals surface area contributed by atoms with Gasteiger partial charge in [0.25, 0.3) is 0 Å². The van der Waals surface area contributed by atoms with Crippen molar-refractivity contribution < 1.29 is 4.79 Å². The van der Waals surface area contributed by atoms with Crippen molar-refractivity contribution in [3.63, 3.8) is 0 Å². The van der Waals surface area contributed by atoms with Gasteiger partial charge in [0, 0.05) is 12.7 Å². The molecule has 7 heteroatoms. The Morgan fingerprint density at radius 2 is 2.24 bits per heavy atom. The summed E-state index contributed by atoms with van der Waals surface area (Å²) in [5, 5.41) is 4.59. The Balaban J connectivity index is 2.45. The van der Waals surface area contributed by atoms with Crippen molar-refractivity contribution in [2.45, 2.75) is 10.1 Å². The van der Waals surface area contributed by atoms with E-state index in [4.69, 9.17) is 11.5 Å². The fraction of sp³-hybridized carbons (Fsp3) is 0.100. The minimum absolute atomic E-state index is 0.387. The van der Waals surface area contributed by atoms with Crippen LogP contribution in [0.3, 0.4) is 0 Å². The van der Waals surface area contributed by atoms with E-state index in [0.29, 0.717) is 21.3 Å². The maximum atomic E-state index is 11.3. The highest BCUT2D eigenvalue weighted by Crippen LogP contribution is 2.33. The van der Waals surface area contributed by atoms with Crippen molar-refractivity contribution in [3.8, 4) is 0 Å². The molecule has 2 rings (SSSR count). The first kappa shape index (κ1) is 11.5. The summed E-state index contributed by atoms with van der Waals surface area (Å²) < 4.78 is 1.60. The molecule has 0 aliphatic carbocycles. The number of hydrogen-bond acceptors (Lipinski definition) is 5. The number of nitrogens with two attached hydrogens (primary N) is 2. The lowest BCUT2D eigenvalue weighted by Crippen LogP contribution is -2.13. The summed E-state index contributed by atoms with van der Waals surface area (Å²) in [7, 11) is 1.76. The molecule has 0 bridgehead atoms. The Morgan fingerprint density at radius 3 is 2.82 bits per heavy atom.